The summed E-state index contributed by atoms with van der Waals surface area (Å²) in [6.07, 6.45) is 1.03. The zero-order valence-electron chi connectivity index (χ0n) is 10.6. The highest BCUT2D eigenvalue weighted by molar-refractivity contribution is 6.34. The fourth-order valence-electron chi connectivity index (χ4n) is 2.16. The van der Waals surface area contributed by atoms with E-state index in [0.717, 1.165) is 19.5 Å². The molecule has 1 saturated heterocycles. The number of anilines is 1. The Bertz CT molecular complexity index is 460. The van der Waals surface area contributed by atoms with Gasteiger partial charge in [0.1, 0.15) is 0 Å². The molecule has 1 heterocycles. The van der Waals surface area contributed by atoms with Crippen LogP contribution in [0.25, 0.3) is 0 Å². The Kier molecular flexibility index (Phi) is 4.51. The first kappa shape index (κ1) is 15.1. The van der Waals surface area contributed by atoms with E-state index in [9.17, 15) is 4.79 Å². The summed E-state index contributed by atoms with van der Waals surface area (Å²) in [6, 6.07) is 5.03. The number of likely N-dealkylation sites (tertiary alicyclic amines) is 1. The van der Waals surface area contributed by atoms with E-state index in [2.05, 4.69) is 13.8 Å². The lowest BCUT2D eigenvalue weighted by Crippen LogP contribution is -2.30. The van der Waals surface area contributed by atoms with Crippen LogP contribution in [-0.4, -0.2) is 23.9 Å². The van der Waals surface area contributed by atoms with E-state index in [1.807, 2.05) is 4.90 Å². The molecule has 1 aliphatic heterocycles. The van der Waals surface area contributed by atoms with Gasteiger partial charge < -0.3 is 10.6 Å². The van der Waals surface area contributed by atoms with Crippen molar-refractivity contribution in [2.75, 3.05) is 18.8 Å². The summed E-state index contributed by atoms with van der Waals surface area (Å²) in [7, 11) is 0. The van der Waals surface area contributed by atoms with Crippen molar-refractivity contribution in [1.29, 1.82) is 0 Å². The number of amides is 1. The Balaban J connectivity index is 0.00000162. The highest BCUT2D eigenvalue weighted by Crippen LogP contribution is 2.31. The number of carbonyl (C=O) groups is 1. The van der Waals surface area contributed by atoms with Gasteiger partial charge in [-0.1, -0.05) is 25.4 Å². The Morgan fingerprint density at radius 1 is 1.44 bits per heavy atom. The maximum Gasteiger partial charge on any atom is 0.255 e. The molecule has 18 heavy (non-hydrogen) atoms. The topological polar surface area (TPSA) is 46.3 Å². The summed E-state index contributed by atoms with van der Waals surface area (Å²) in [5, 5.41) is 0.430. The molecule has 100 valence electrons. The van der Waals surface area contributed by atoms with Gasteiger partial charge in [-0.3, -0.25) is 4.79 Å². The zero-order valence-corrected chi connectivity index (χ0v) is 12.1. The summed E-state index contributed by atoms with van der Waals surface area (Å²) >= 11 is 6.05. The van der Waals surface area contributed by atoms with Crippen molar-refractivity contribution in [3.8, 4) is 0 Å². The molecule has 3 nitrogen and oxygen atoms in total. The van der Waals surface area contributed by atoms with Crippen LogP contribution in [0, 0.1) is 5.41 Å². The summed E-state index contributed by atoms with van der Waals surface area (Å²) in [4.78, 5) is 14.1. The van der Waals surface area contributed by atoms with Crippen LogP contribution in [0.15, 0.2) is 18.2 Å². The largest absolute Gasteiger partial charge is 0.399 e. The molecule has 1 fully saturated rings. The molecule has 0 spiro atoms. The average molecular weight is 289 g/mol. The predicted molar refractivity (Wildman–Crippen MR) is 77.4 cm³/mol. The molecular weight excluding hydrogens is 271 g/mol. The van der Waals surface area contributed by atoms with Gasteiger partial charge in [0, 0.05) is 18.8 Å². The summed E-state index contributed by atoms with van der Waals surface area (Å²) in [5.41, 5.74) is 6.94. The number of nitrogens with zero attached hydrogens (tertiary/aromatic N) is 1. The lowest BCUT2D eigenvalue weighted by atomic mass is 9.93. The minimum Gasteiger partial charge on any atom is -0.399 e. The van der Waals surface area contributed by atoms with Gasteiger partial charge >= 0.3 is 0 Å². The van der Waals surface area contributed by atoms with Gasteiger partial charge in [-0.25, -0.2) is 0 Å². The van der Waals surface area contributed by atoms with Crippen molar-refractivity contribution in [2.24, 2.45) is 5.41 Å². The van der Waals surface area contributed by atoms with Crippen LogP contribution in [0.1, 0.15) is 30.6 Å². The van der Waals surface area contributed by atoms with Crippen LogP contribution >= 0.6 is 24.0 Å². The number of benzene rings is 1. The Morgan fingerprint density at radius 3 is 2.61 bits per heavy atom. The van der Waals surface area contributed by atoms with Gasteiger partial charge in [-0.15, -0.1) is 12.4 Å². The van der Waals surface area contributed by atoms with Gasteiger partial charge in [0.2, 0.25) is 0 Å². The molecule has 2 rings (SSSR count). The fourth-order valence-corrected chi connectivity index (χ4v) is 2.43. The maximum atomic E-state index is 12.3. The van der Waals surface area contributed by atoms with Crippen molar-refractivity contribution in [3.63, 3.8) is 0 Å². The van der Waals surface area contributed by atoms with Crippen LogP contribution in [-0.2, 0) is 0 Å². The smallest absolute Gasteiger partial charge is 0.255 e. The molecule has 2 N–H and O–H groups in total. The normalized spacial score (nSPS) is 17.4. The number of hydrogen-bond acceptors (Lipinski definition) is 2. The number of hydrogen-bond donors (Lipinski definition) is 1. The van der Waals surface area contributed by atoms with E-state index in [4.69, 9.17) is 17.3 Å². The molecule has 0 unspecified atom stereocenters. The van der Waals surface area contributed by atoms with Gasteiger partial charge in [-0.2, -0.15) is 0 Å². The van der Waals surface area contributed by atoms with E-state index < -0.39 is 0 Å². The van der Waals surface area contributed by atoms with Gasteiger partial charge in [0.25, 0.3) is 5.91 Å². The van der Waals surface area contributed by atoms with E-state index in [-0.39, 0.29) is 23.7 Å². The average Bonchev–Trinajstić information content (AvgIpc) is 2.58. The maximum absolute atomic E-state index is 12.3. The first-order chi connectivity index (χ1) is 7.89. The third kappa shape index (κ3) is 3.09. The summed E-state index contributed by atoms with van der Waals surface area (Å²) < 4.78 is 0. The van der Waals surface area contributed by atoms with Crippen molar-refractivity contribution in [3.05, 3.63) is 28.8 Å². The number of rotatable bonds is 1. The second-order valence-electron chi connectivity index (χ2n) is 5.38. The predicted octanol–water partition coefficient (Wildman–Crippen LogP) is 3.22. The van der Waals surface area contributed by atoms with Crippen molar-refractivity contribution >= 4 is 35.6 Å². The lowest BCUT2D eigenvalue weighted by molar-refractivity contribution is 0.0778. The van der Waals surface area contributed by atoms with Crippen molar-refractivity contribution < 1.29 is 4.79 Å². The van der Waals surface area contributed by atoms with E-state index in [1.165, 1.54) is 0 Å². The second kappa shape index (κ2) is 5.37. The highest BCUT2D eigenvalue weighted by Gasteiger charge is 2.32. The Hall–Kier alpha value is -0.930. The van der Waals surface area contributed by atoms with Crippen LogP contribution < -0.4 is 5.73 Å². The minimum atomic E-state index is 0. The summed E-state index contributed by atoms with van der Waals surface area (Å²) in [5.74, 6) is 0.000532. The molecule has 0 bridgehead atoms. The molecule has 0 radical (unpaired) electrons. The molecule has 1 amide bonds. The first-order valence-corrected chi connectivity index (χ1v) is 6.11. The molecule has 1 aromatic carbocycles. The van der Waals surface area contributed by atoms with Gasteiger partial charge in [0.05, 0.1) is 10.6 Å². The molecule has 0 atom stereocenters. The SMILES string of the molecule is CC1(C)CCN(C(=O)c2ccc(N)cc2Cl)C1.Cl. The zero-order chi connectivity index (χ0) is 12.6. The number of nitrogen functional groups attached to an aromatic ring is 1. The molecular formula is C13H18Cl2N2O. The lowest BCUT2D eigenvalue weighted by Gasteiger charge is -2.20. The van der Waals surface area contributed by atoms with E-state index in [1.54, 1.807) is 18.2 Å². The van der Waals surface area contributed by atoms with Crippen LogP contribution in [0.2, 0.25) is 5.02 Å². The molecule has 0 aliphatic carbocycles. The molecule has 0 aromatic heterocycles. The molecule has 0 saturated carbocycles. The number of carbonyl (C=O) groups excluding carboxylic acids is 1. The van der Waals surface area contributed by atoms with Crippen LogP contribution in [0.3, 0.4) is 0 Å². The first-order valence-electron chi connectivity index (χ1n) is 5.73. The molecule has 1 aromatic rings. The van der Waals surface area contributed by atoms with E-state index in [0.29, 0.717) is 16.3 Å². The van der Waals surface area contributed by atoms with Crippen LogP contribution in [0.5, 0.6) is 0 Å². The van der Waals surface area contributed by atoms with Gasteiger partial charge in [-0.05, 0) is 30.0 Å². The third-order valence-electron chi connectivity index (χ3n) is 3.19. The monoisotopic (exact) mass is 288 g/mol. The Labute approximate surface area is 119 Å². The molecule has 5 heteroatoms. The Morgan fingerprint density at radius 2 is 2.11 bits per heavy atom. The summed E-state index contributed by atoms with van der Waals surface area (Å²) in [6.45, 7) is 5.93. The van der Waals surface area contributed by atoms with E-state index >= 15 is 0 Å². The highest BCUT2D eigenvalue weighted by atomic mass is 35.5. The number of nitrogens with two attached hydrogens (primary N) is 1. The number of halogens is 2. The standard InChI is InChI=1S/C13H17ClN2O.ClH/c1-13(2)5-6-16(8-13)12(17)10-4-3-9(15)7-11(10)14;/h3-4,7H,5-6,8,15H2,1-2H3;1H. The third-order valence-corrected chi connectivity index (χ3v) is 3.50. The fraction of sp³-hybridized carbons (Fsp3) is 0.462. The minimum absolute atomic E-state index is 0. The van der Waals surface area contributed by atoms with Crippen molar-refractivity contribution in [2.45, 2.75) is 20.3 Å². The van der Waals surface area contributed by atoms with Gasteiger partial charge in [0.15, 0.2) is 0 Å². The molecule has 1 aliphatic rings. The van der Waals surface area contributed by atoms with Crippen LogP contribution in [0.4, 0.5) is 5.69 Å². The quantitative estimate of drug-likeness (QED) is 0.807. The second-order valence-corrected chi connectivity index (χ2v) is 5.79. The van der Waals surface area contributed by atoms with Crippen molar-refractivity contribution in [1.82, 2.24) is 4.90 Å².